The van der Waals surface area contributed by atoms with Crippen LogP contribution in [0, 0.1) is 6.92 Å². The van der Waals surface area contributed by atoms with E-state index in [-0.39, 0.29) is 0 Å². The molecular formula is C17H35N. The Morgan fingerprint density at radius 1 is 1.00 bits per heavy atom. The fourth-order valence-corrected chi connectivity index (χ4v) is 1.37. The average molecular weight is 253 g/mol. The maximum atomic E-state index is 4.28. The molecule has 1 aromatic heterocycles. The van der Waals surface area contributed by atoms with Crippen molar-refractivity contribution in [2.24, 2.45) is 0 Å². The van der Waals surface area contributed by atoms with Crippen molar-refractivity contribution < 1.29 is 0 Å². The molecule has 0 aliphatic rings. The van der Waals surface area contributed by atoms with Gasteiger partial charge in [-0.25, -0.2) is 0 Å². The van der Waals surface area contributed by atoms with Gasteiger partial charge in [0.05, 0.1) is 0 Å². The van der Waals surface area contributed by atoms with E-state index in [1.165, 1.54) is 18.4 Å². The van der Waals surface area contributed by atoms with Crippen LogP contribution in [0.15, 0.2) is 18.3 Å². The summed E-state index contributed by atoms with van der Waals surface area (Å²) in [6.45, 7) is 18.5. The minimum absolute atomic E-state index is 0.656. The highest BCUT2D eigenvalue weighted by Gasteiger charge is 2.03. The second-order valence-corrected chi connectivity index (χ2v) is 3.42. The van der Waals surface area contributed by atoms with Gasteiger partial charge in [-0.1, -0.05) is 67.9 Å². The van der Waals surface area contributed by atoms with Crippen LogP contribution in [0.3, 0.4) is 0 Å². The first-order valence-corrected chi connectivity index (χ1v) is 7.66. The minimum Gasteiger partial charge on any atom is -0.261 e. The van der Waals surface area contributed by atoms with Crippen molar-refractivity contribution in [3.8, 4) is 0 Å². The molecule has 0 amide bonds. The number of aromatic nitrogens is 1. The quantitative estimate of drug-likeness (QED) is 0.609. The highest BCUT2D eigenvalue weighted by atomic mass is 14.7. The predicted octanol–water partition coefficient (Wildman–Crippen LogP) is 6.37. The molecule has 0 N–H and O–H groups in total. The van der Waals surface area contributed by atoms with E-state index in [1.54, 1.807) is 0 Å². The van der Waals surface area contributed by atoms with Gasteiger partial charge in [0.1, 0.15) is 0 Å². The fraction of sp³-hybridized carbons (Fsp3) is 0.706. The number of hydrogen-bond acceptors (Lipinski definition) is 1. The van der Waals surface area contributed by atoms with Gasteiger partial charge in [0.25, 0.3) is 0 Å². The number of aryl methyl sites for hydroxylation is 1. The summed E-state index contributed by atoms with van der Waals surface area (Å²) in [5.41, 5.74) is 2.46. The summed E-state index contributed by atoms with van der Waals surface area (Å²) in [4.78, 5) is 4.28. The fourth-order valence-electron chi connectivity index (χ4n) is 1.37. The van der Waals surface area contributed by atoms with Crippen LogP contribution in [0.4, 0.5) is 0 Å². The van der Waals surface area contributed by atoms with E-state index >= 15 is 0 Å². The topological polar surface area (TPSA) is 12.9 Å². The van der Waals surface area contributed by atoms with Crippen LogP contribution < -0.4 is 0 Å². The lowest BCUT2D eigenvalue weighted by Gasteiger charge is -2.09. The molecule has 0 fully saturated rings. The van der Waals surface area contributed by atoms with Gasteiger partial charge >= 0.3 is 0 Å². The van der Waals surface area contributed by atoms with Crippen LogP contribution in [0.2, 0.25) is 0 Å². The molecule has 1 rings (SSSR count). The maximum absolute atomic E-state index is 4.28. The lowest BCUT2D eigenvalue weighted by molar-refractivity contribution is 0.662. The Morgan fingerprint density at radius 3 is 1.83 bits per heavy atom. The molecule has 1 nitrogen and oxygen atoms in total. The highest BCUT2D eigenvalue weighted by molar-refractivity contribution is 5.16. The minimum atomic E-state index is 0.656. The van der Waals surface area contributed by atoms with Crippen molar-refractivity contribution in [2.75, 3.05) is 0 Å². The van der Waals surface area contributed by atoms with Crippen LogP contribution in [-0.4, -0.2) is 4.98 Å². The molecule has 0 saturated heterocycles. The Balaban J connectivity index is -0.000000328. The third-order valence-electron chi connectivity index (χ3n) is 2.22. The standard InChI is InChI=1S/C11H17N.3C2H6/c1-4-5-9(2)11-7-6-10(3)12-8-11;3*1-2/h6-9H,4-5H2,1-3H3;3*1-2H3. The summed E-state index contributed by atoms with van der Waals surface area (Å²) in [5.74, 6) is 0.656. The van der Waals surface area contributed by atoms with Gasteiger partial charge in [-0.3, -0.25) is 4.98 Å². The summed E-state index contributed by atoms with van der Waals surface area (Å²) in [5, 5.41) is 0. The number of rotatable bonds is 3. The molecule has 18 heavy (non-hydrogen) atoms. The maximum Gasteiger partial charge on any atom is 0.0372 e. The number of nitrogens with zero attached hydrogens (tertiary/aromatic N) is 1. The van der Waals surface area contributed by atoms with Gasteiger partial charge in [0.15, 0.2) is 0 Å². The van der Waals surface area contributed by atoms with Gasteiger partial charge in [-0.2, -0.15) is 0 Å². The largest absolute Gasteiger partial charge is 0.261 e. The van der Waals surface area contributed by atoms with Crippen molar-refractivity contribution in [3.63, 3.8) is 0 Å². The first kappa shape index (κ1) is 22.3. The van der Waals surface area contributed by atoms with Crippen LogP contribution >= 0.6 is 0 Å². The van der Waals surface area contributed by atoms with Crippen molar-refractivity contribution >= 4 is 0 Å². The summed E-state index contributed by atoms with van der Waals surface area (Å²) in [6.07, 6.45) is 4.50. The second kappa shape index (κ2) is 18.5. The van der Waals surface area contributed by atoms with Gasteiger partial charge in [-0.05, 0) is 30.9 Å². The molecule has 1 unspecified atom stereocenters. The molecule has 1 atom stereocenters. The molecule has 0 aromatic carbocycles. The third kappa shape index (κ3) is 11.6. The molecule has 1 aromatic rings. The van der Waals surface area contributed by atoms with Gasteiger partial charge < -0.3 is 0 Å². The van der Waals surface area contributed by atoms with Crippen molar-refractivity contribution in [1.29, 1.82) is 0 Å². The first-order chi connectivity index (χ1) is 8.74. The lowest BCUT2D eigenvalue weighted by Crippen LogP contribution is -1.94. The Bertz CT molecular complexity index is 226. The molecule has 1 heterocycles. The van der Waals surface area contributed by atoms with Gasteiger partial charge in [-0.15, -0.1) is 0 Å². The zero-order valence-electron chi connectivity index (χ0n) is 14.2. The monoisotopic (exact) mass is 253 g/mol. The predicted molar refractivity (Wildman–Crippen MR) is 86.3 cm³/mol. The smallest absolute Gasteiger partial charge is 0.0372 e. The molecular weight excluding hydrogens is 218 g/mol. The Kier molecular flexibility index (Phi) is 23.0. The van der Waals surface area contributed by atoms with Crippen LogP contribution in [-0.2, 0) is 0 Å². The first-order valence-electron chi connectivity index (χ1n) is 7.66. The van der Waals surface area contributed by atoms with E-state index in [4.69, 9.17) is 0 Å². The van der Waals surface area contributed by atoms with E-state index in [0.717, 1.165) is 5.69 Å². The summed E-state index contributed by atoms with van der Waals surface area (Å²) in [7, 11) is 0. The van der Waals surface area contributed by atoms with E-state index in [2.05, 4.69) is 31.0 Å². The zero-order chi connectivity index (χ0) is 15.0. The highest BCUT2D eigenvalue weighted by Crippen LogP contribution is 2.19. The van der Waals surface area contributed by atoms with Gasteiger partial charge in [0.2, 0.25) is 0 Å². The molecule has 0 radical (unpaired) electrons. The molecule has 108 valence electrons. The SMILES string of the molecule is CC.CC.CC.CCCC(C)c1ccc(C)nc1. The third-order valence-corrected chi connectivity index (χ3v) is 2.22. The normalized spacial score (nSPS) is 9.61. The molecule has 0 saturated carbocycles. The summed E-state index contributed by atoms with van der Waals surface area (Å²) >= 11 is 0. The van der Waals surface area contributed by atoms with Crippen LogP contribution in [0.5, 0.6) is 0 Å². The van der Waals surface area contributed by atoms with Crippen molar-refractivity contribution in [1.82, 2.24) is 4.98 Å². The van der Waals surface area contributed by atoms with Crippen LogP contribution in [0.25, 0.3) is 0 Å². The summed E-state index contributed by atoms with van der Waals surface area (Å²) < 4.78 is 0. The van der Waals surface area contributed by atoms with E-state index < -0.39 is 0 Å². The summed E-state index contributed by atoms with van der Waals surface area (Å²) in [6, 6.07) is 4.27. The Hall–Kier alpha value is -0.850. The van der Waals surface area contributed by atoms with Crippen molar-refractivity contribution in [2.45, 2.75) is 81.1 Å². The lowest BCUT2D eigenvalue weighted by atomic mass is 9.98. The van der Waals surface area contributed by atoms with Crippen LogP contribution in [0.1, 0.15) is 85.4 Å². The Morgan fingerprint density at radius 2 is 1.50 bits per heavy atom. The number of pyridine rings is 1. The Labute approximate surface area is 116 Å². The van der Waals surface area contributed by atoms with E-state index in [9.17, 15) is 0 Å². The number of hydrogen-bond donors (Lipinski definition) is 0. The van der Waals surface area contributed by atoms with E-state index in [1.807, 2.05) is 54.7 Å². The van der Waals surface area contributed by atoms with E-state index in [0.29, 0.717) is 5.92 Å². The molecule has 0 aliphatic carbocycles. The molecule has 0 spiro atoms. The zero-order valence-corrected chi connectivity index (χ0v) is 14.2. The average Bonchev–Trinajstić information content (AvgIpc) is 2.46. The second-order valence-electron chi connectivity index (χ2n) is 3.42. The molecule has 0 aliphatic heterocycles. The van der Waals surface area contributed by atoms with Gasteiger partial charge in [0, 0.05) is 11.9 Å². The van der Waals surface area contributed by atoms with Crippen molar-refractivity contribution in [3.05, 3.63) is 29.6 Å². The molecule has 0 bridgehead atoms. The molecule has 1 heteroatoms.